The van der Waals surface area contributed by atoms with Gasteiger partial charge in [-0.15, -0.1) is 0 Å². The molecule has 0 fully saturated rings. The fraction of sp³-hybridized carbons (Fsp3) is 1.00. The monoisotopic (exact) mass is 261 g/mol. The van der Waals surface area contributed by atoms with Crippen molar-refractivity contribution in [3.63, 3.8) is 0 Å². The highest BCUT2D eigenvalue weighted by Gasteiger charge is 2.20. The van der Waals surface area contributed by atoms with Crippen LogP contribution in [0.25, 0.3) is 0 Å². The molecule has 104 valence electrons. The molecule has 2 nitrogen and oxygen atoms in total. The summed E-state index contributed by atoms with van der Waals surface area (Å²) in [4.78, 5) is 0. The highest BCUT2D eigenvalue weighted by Crippen LogP contribution is 2.16. The number of hydrogen-bond donors (Lipinski definition) is 2. The van der Waals surface area contributed by atoms with Crippen LogP contribution in [0.5, 0.6) is 0 Å². The summed E-state index contributed by atoms with van der Waals surface area (Å²) in [7, 11) is 0. The third kappa shape index (κ3) is 9.93. The summed E-state index contributed by atoms with van der Waals surface area (Å²) >= 11 is 2.05. The van der Waals surface area contributed by atoms with Crippen molar-refractivity contribution in [2.45, 2.75) is 58.9 Å². The van der Waals surface area contributed by atoms with Crippen LogP contribution in [0.3, 0.4) is 0 Å². The van der Waals surface area contributed by atoms with Gasteiger partial charge in [0.15, 0.2) is 0 Å². The van der Waals surface area contributed by atoms with Crippen LogP contribution in [0, 0.1) is 5.92 Å². The molecule has 0 aliphatic heterocycles. The molecule has 1 unspecified atom stereocenters. The Morgan fingerprint density at radius 3 is 2.53 bits per heavy atom. The van der Waals surface area contributed by atoms with Crippen LogP contribution in [-0.4, -0.2) is 35.3 Å². The second-order valence-electron chi connectivity index (χ2n) is 5.57. The van der Waals surface area contributed by atoms with Crippen molar-refractivity contribution in [2.24, 2.45) is 5.92 Å². The summed E-state index contributed by atoms with van der Waals surface area (Å²) < 4.78 is 0. The summed E-state index contributed by atoms with van der Waals surface area (Å²) in [6, 6.07) is 0. The topological polar surface area (TPSA) is 32.3 Å². The summed E-state index contributed by atoms with van der Waals surface area (Å²) in [5.74, 6) is 3.33. The number of unbranched alkanes of at least 4 members (excludes halogenated alkanes) is 1. The van der Waals surface area contributed by atoms with E-state index in [9.17, 15) is 5.11 Å². The maximum absolute atomic E-state index is 9.42. The van der Waals surface area contributed by atoms with Gasteiger partial charge in [-0.2, -0.15) is 11.8 Å². The van der Waals surface area contributed by atoms with Crippen LogP contribution in [0.2, 0.25) is 0 Å². The molecule has 0 aliphatic rings. The first-order valence-corrected chi connectivity index (χ1v) is 8.13. The van der Waals surface area contributed by atoms with Gasteiger partial charge in [-0.05, 0) is 50.2 Å². The molecule has 0 aliphatic carbocycles. The van der Waals surface area contributed by atoms with Gasteiger partial charge in [0.1, 0.15) is 0 Å². The Kier molecular flexibility index (Phi) is 10.4. The maximum Gasteiger partial charge on any atom is 0.0610 e. The molecule has 0 aromatic rings. The van der Waals surface area contributed by atoms with Gasteiger partial charge in [-0.25, -0.2) is 0 Å². The van der Waals surface area contributed by atoms with E-state index in [0.29, 0.717) is 0 Å². The molecule has 2 N–H and O–H groups in total. The summed E-state index contributed by atoms with van der Waals surface area (Å²) in [6.45, 7) is 10.1. The van der Waals surface area contributed by atoms with Gasteiger partial charge in [0.25, 0.3) is 0 Å². The number of thioether (sulfide) groups is 1. The molecule has 0 aromatic carbocycles. The van der Waals surface area contributed by atoms with Gasteiger partial charge in [-0.3, -0.25) is 0 Å². The highest BCUT2D eigenvalue weighted by molar-refractivity contribution is 7.99. The van der Waals surface area contributed by atoms with Gasteiger partial charge in [0, 0.05) is 5.54 Å². The summed E-state index contributed by atoms with van der Waals surface area (Å²) in [5, 5.41) is 12.9. The zero-order valence-corrected chi connectivity index (χ0v) is 12.9. The van der Waals surface area contributed by atoms with Crippen molar-refractivity contribution in [1.29, 1.82) is 0 Å². The molecule has 1 atom stereocenters. The second-order valence-corrected chi connectivity index (χ2v) is 6.72. The van der Waals surface area contributed by atoms with E-state index < -0.39 is 0 Å². The van der Waals surface area contributed by atoms with E-state index in [4.69, 9.17) is 0 Å². The predicted molar refractivity (Wildman–Crippen MR) is 79.8 cm³/mol. The fourth-order valence-corrected chi connectivity index (χ4v) is 2.73. The smallest absolute Gasteiger partial charge is 0.0610 e. The van der Waals surface area contributed by atoms with Crippen LogP contribution in [0.4, 0.5) is 0 Å². The van der Waals surface area contributed by atoms with E-state index >= 15 is 0 Å². The largest absolute Gasteiger partial charge is 0.394 e. The summed E-state index contributed by atoms with van der Waals surface area (Å²) in [5.41, 5.74) is -0.0707. The summed E-state index contributed by atoms with van der Waals surface area (Å²) in [6.07, 6.45) is 4.67. The van der Waals surface area contributed by atoms with Gasteiger partial charge < -0.3 is 10.4 Å². The molecule has 3 heteroatoms. The normalized spacial score (nSPS) is 15.2. The average molecular weight is 261 g/mol. The van der Waals surface area contributed by atoms with Crippen LogP contribution in [0.1, 0.15) is 53.4 Å². The Balaban J connectivity index is 3.55. The highest BCUT2D eigenvalue weighted by atomic mass is 32.2. The zero-order chi connectivity index (χ0) is 13.1. The van der Waals surface area contributed by atoms with E-state index in [1.54, 1.807) is 0 Å². The lowest BCUT2D eigenvalue weighted by atomic mass is 9.96. The number of aliphatic hydroxyl groups is 1. The quantitative estimate of drug-likeness (QED) is 0.560. The first kappa shape index (κ1) is 17.3. The number of hydrogen-bond acceptors (Lipinski definition) is 3. The van der Waals surface area contributed by atoms with Gasteiger partial charge in [0.05, 0.1) is 6.61 Å². The Hall–Kier alpha value is 0.270. The first-order chi connectivity index (χ1) is 8.04. The van der Waals surface area contributed by atoms with Crippen molar-refractivity contribution in [3.05, 3.63) is 0 Å². The van der Waals surface area contributed by atoms with Gasteiger partial charge in [0.2, 0.25) is 0 Å². The standard InChI is InChI=1S/C14H31NOS/c1-5-9-15-14(4,12-16)8-6-7-10-17-11-13(2)3/h13,15-16H,5-12H2,1-4H3. The SMILES string of the molecule is CCCNC(C)(CO)CCCCSCC(C)C. The molecular formula is C14H31NOS. The minimum absolute atomic E-state index is 0.0707. The predicted octanol–water partition coefficient (Wildman–Crippen LogP) is 3.30. The van der Waals surface area contributed by atoms with E-state index in [1.807, 2.05) is 0 Å². The molecular weight excluding hydrogens is 230 g/mol. The van der Waals surface area contributed by atoms with Crippen molar-refractivity contribution in [1.82, 2.24) is 5.32 Å². The number of nitrogens with one attached hydrogen (secondary N) is 1. The molecule has 0 rings (SSSR count). The average Bonchev–Trinajstić information content (AvgIpc) is 2.30. The fourth-order valence-electron chi connectivity index (χ4n) is 1.69. The van der Waals surface area contributed by atoms with E-state index in [-0.39, 0.29) is 12.1 Å². The lowest BCUT2D eigenvalue weighted by Gasteiger charge is -2.28. The van der Waals surface area contributed by atoms with Crippen LogP contribution >= 0.6 is 11.8 Å². The lowest BCUT2D eigenvalue weighted by Crippen LogP contribution is -2.46. The minimum Gasteiger partial charge on any atom is -0.394 e. The number of aliphatic hydroxyl groups excluding tert-OH is 1. The van der Waals surface area contributed by atoms with E-state index in [1.165, 1.54) is 24.3 Å². The Labute approximate surface area is 112 Å². The van der Waals surface area contributed by atoms with Crippen molar-refractivity contribution in [3.8, 4) is 0 Å². The number of rotatable bonds is 11. The first-order valence-electron chi connectivity index (χ1n) is 6.97. The van der Waals surface area contributed by atoms with Crippen molar-refractivity contribution < 1.29 is 5.11 Å². The minimum atomic E-state index is -0.0707. The maximum atomic E-state index is 9.42. The molecule has 0 radical (unpaired) electrons. The molecule has 17 heavy (non-hydrogen) atoms. The molecule has 0 aromatic heterocycles. The lowest BCUT2D eigenvalue weighted by molar-refractivity contribution is 0.163. The molecule has 0 spiro atoms. The Morgan fingerprint density at radius 2 is 2.00 bits per heavy atom. The third-order valence-corrected chi connectivity index (χ3v) is 4.35. The van der Waals surface area contributed by atoms with E-state index in [2.05, 4.69) is 44.8 Å². The molecule has 0 heterocycles. The van der Waals surface area contributed by atoms with Crippen molar-refractivity contribution >= 4 is 11.8 Å². The molecule has 0 bridgehead atoms. The van der Waals surface area contributed by atoms with E-state index in [0.717, 1.165) is 25.3 Å². The van der Waals surface area contributed by atoms with Gasteiger partial charge >= 0.3 is 0 Å². The third-order valence-electron chi connectivity index (χ3n) is 2.87. The Morgan fingerprint density at radius 1 is 1.29 bits per heavy atom. The van der Waals surface area contributed by atoms with Gasteiger partial charge in [-0.1, -0.05) is 27.2 Å². The Bertz CT molecular complexity index is 176. The zero-order valence-electron chi connectivity index (χ0n) is 12.1. The van der Waals surface area contributed by atoms with Crippen molar-refractivity contribution in [2.75, 3.05) is 24.7 Å². The second kappa shape index (κ2) is 10.2. The molecule has 0 amide bonds. The van der Waals surface area contributed by atoms with Crippen LogP contribution in [-0.2, 0) is 0 Å². The van der Waals surface area contributed by atoms with Crippen LogP contribution < -0.4 is 5.32 Å². The molecule has 0 saturated carbocycles. The molecule has 0 saturated heterocycles. The van der Waals surface area contributed by atoms with Crippen LogP contribution in [0.15, 0.2) is 0 Å².